The summed E-state index contributed by atoms with van der Waals surface area (Å²) in [6.07, 6.45) is 5.08. The summed E-state index contributed by atoms with van der Waals surface area (Å²) >= 11 is 0. The maximum atomic E-state index is 13.0. The molecule has 0 aliphatic heterocycles. The zero-order chi connectivity index (χ0) is 11.8. The summed E-state index contributed by atoms with van der Waals surface area (Å²) in [6.45, 7) is 6.92. The van der Waals surface area contributed by atoms with Crippen molar-refractivity contribution in [2.45, 2.75) is 51.9 Å². The molecular weight excluding hydrogens is 199 g/mol. The molecule has 1 fully saturated rings. The molecule has 0 aromatic heterocycles. The van der Waals surface area contributed by atoms with Crippen LogP contribution >= 0.6 is 0 Å². The van der Waals surface area contributed by atoms with Crippen LogP contribution in [0.1, 0.15) is 52.0 Å². The van der Waals surface area contributed by atoms with Gasteiger partial charge in [0.1, 0.15) is 5.82 Å². The van der Waals surface area contributed by atoms with Gasteiger partial charge in [-0.1, -0.05) is 45.7 Å². The maximum Gasteiger partial charge on any atom is 0.123 e. The number of hydrogen-bond acceptors (Lipinski definition) is 0. The summed E-state index contributed by atoms with van der Waals surface area (Å²) in [4.78, 5) is 0. The van der Waals surface area contributed by atoms with E-state index in [0.717, 1.165) is 0 Å². The second-order valence-electron chi connectivity index (χ2n) is 6.05. The highest BCUT2D eigenvalue weighted by molar-refractivity contribution is 5.29. The van der Waals surface area contributed by atoms with Crippen LogP contribution in [-0.4, -0.2) is 0 Å². The van der Waals surface area contributed by atoms with Crippen LogP contribution < -0.4 is 0 Å². The lowest BCUT2D eigenvalue weighted by molar-refractivity contribution is 0.187. The minimum Gasteiger partial charge on any atom is -0.207 e. The van der Waals surface area contributed by atoms with Gasteiger partial charge in [0.2, 0.25) is 0 Å². The summed E-state index contributed by atoms with van der Waals surface area (Å²) in [7, 11) is 0. The van der Waals surface area contributed by atoms with E-state index in [4.69, 9.17) is 0 Å². The molecule has 0 nitrogen and oxygen atoms in total. The molecule has 1 aliphatic rings. The molecule has 1 aromatic carbocycles. The normalized spacial score (nSPS) is 20.0. The fourth-order valence-corrected chi connectivity index (χ4v) is 3.22. The third-order valence-electron chi connectivity index (χ3n) is 4.29. The Morgan fingerprint density at radius 2 is 1.50 bits per heavy atom. The van der Waals surface area contributed by atoms with Crippen molar-refractivity contribution in [3.8, 4) is 0 Å². The minimum atomic E-state index is -0.134. The molecule has 1 aromatic rings. The van der Waals surface area contributed by atoms with Crippen LogP contribution in [0.15, 0.2) is 24.3 Å². The Hall–Kier alpha value is -0.850. The molecule has 0 saturated heterocycles. The Morgan fingerprint density at radius 3 is 1.94 bits per heavy atom. The van der Waals surface area contributed by atoms with Gasteiger partial charge in [0.25, 0.3) is 0 Å². The van der Waals surface area contributed by atoms with E-state index in [1.807, 2.05) is 12.1 Å². The SMILES string of the molecule is CC(C)(C)C1(c2ccc(F)cc2)CCCC1. The first-order valence-electron chi connectivity index (χ1n) is 6.22. The van der Waals surface area contributed by atoms with Crippen LogP contribution in [0.2, 0.25) is 0 Å². The second kappa shape index (κ2) is 3.87. The number of rotatable bonds is 1. The predicted molar refractivity (Wildman–Crippen MR) is 66.0 cm³/mol. The molecule has 0 unspecified atom stereocenters. The van der Waals surface area contributed by atoms with Crippen LogP contribution in [0, 0.1) is 11.2 Å². The summed E-state index contributed by atoms with van der Waals surface area (Å²) in [5.74, 6) is -0.134. The first-order chi connectivity index (χ1) is 7.46. The summed E-state index contributed by atoms with van der Waals surface area (Å²) in [6, 6.07) is 7.15. The summed E-state index contributed by atoms with van der Waals surface area (Å²) < 4.78 is 13.0. The smallest absolute Gasteiger partial charge is 0.123 e. The van der Waals surface area contributed by atoms with Gasteiger partial charge in [-0.2, -0.15) is 0 Å². The Labute approximate surface area is 97.9 Å². The second-order valence-corrected chi connectivity index (χ2v) is 6.05. The topological polar surface area (TPSA) is 0 Å². The average molecular weight is 220 g/mol. The molecule has 1 heteroatoms. The van der Waals surface area contributed by atoms with Crippen molar-refractivity contribution in [2.75, 3.05) is 0 Å². The lowest BCUT2D eigenvalue weighted by Crippen LogP contribution is -2.37. The monoisotopic (exact) mass is 220 g/mol. The lowest BCUT2D eigenvalue weighted by Gasteiger charge is -2.42. The van der Waals surface area contributed by atoms with E-state index in [-0.39, 0.29) is 16.6 Å². The predicted octanol–water partition coefficient (Wildman–Crippen LogP) is 4.68. The molecule has 0 heterocycles. The zero-order valence-corrected chi connectivity index (χ0v) is 10.5. The van der Waals surface area contributed by atoms with E-state index in [2.05, 4.69) is 20.8 Å². The van der Waals surface area contributed by atoms with Gasteiger partial charge in [-0.25, -0.2) is 4.39 Å². The third-order valence-corrected chi connectivity index (χ3v) is 4.29. The van der Waals surface area contributed by atoms with Crippen molar-refractivity contribution in [3.63, 3.8) is 0 Å². The van der Waals surface area contributed by atoms with Gasteiger partial charge in [0, 0.05) is 5.41 Å². The van der Waals surface area contributed by atoms with Crippen LogP contribution in [0.4, 0.5) is 4.39 Å². The van der Waals surface area contributed by atoms with Crippen molar-refractivity contribution in [2.24, 2.45) is 5.41 Å². The largest absolute Gasteiger partial charge is 0.207 e. The first kappa shape index (κ1) is 11.6. The van der Waals surface area contributed by atoms with Gasteiger partial charge in [-0.15, -0.1) is 0 Å². The third kappa shape index (κ3) is 1.77. The summed E-state index contributed by atoms with van der Waals surface area (Å²) in [5, 5.41) is 0. The van der Waals surface area contributed by atoms with E-state index in [1.165, 1.54) is 31.2 Å². The molecule has 0 amide bonds. The van der Waals surface area contributed by atoms with Gasteiger partial charge in [0.15, 0.2) is 0 Å². The van der Waals surface area contributed by atoms with E-state index >= 15 is 0 Å². The van der Waals surface area contributed by atoms with Crippen molar-refractivity contribution in [3.05, 3.63) is 35.6 Å². The van der Waals surface area contributed by atoms with E-state index in [1.54, 1.807) is 12.1 Å². The van der Waals surface area contributed by atoms with Gasteiger partial charge in [-0.05, 0) is 36.0 Å². The van der Waals surface area contributed by atoms with Crippen LogP contribution in [0.25, 0.3) is 0 Å². The Morgan fingerprint density at radius 1 is 1.00 bits per heavy atom. The van der Waals surface area contributed by atoms with Crippen molar-refractivity contribution >= 4 is 0 Å². The van der Waals surface area contributed by atoms with Gasteiger partial charge >= 0.3 is 0 Å². The molecule has 0 atom stereocenters. The maximum absolute atomic E-state index is 13.0. The molecule has 0 spiro atoms. The fraction of sp³-hybridized carbons (Fsp3) is 0.600. The minimum absolute atomic E-state index is 0.134. The van der Waals surface area contributed by atoms with Crippen LogP contribution in [0.3, 0.4) is 0 Å². The van der Waals surface area contributed by atoms with Crippen molar-refractivity contribution in [1.82, 2.24) is 0 Å². The molecule has 0 N–H and O–H groups in total. The molecule has 0 radical (unpaired) electrons. The van der Waals surface area contributed by atoms with Crippen molar-refractivity contribution in [1.29, 1.82) is 0 Å². The Balaban J connectivity index is 2.44. The molecule has 2 rings (SSSR count). The van der Waals surface area contributed by atoms with Crippen LogP contribution in [-0.2, 0) is 5.41 Å². The van der Waals surface area contributed by atoms with Gasteiger partial charge in [0.05, 0.1) is 0 Å². The molecule has 1 saturated carbocycles. The lowest BCUT2D eigenvalue weighted by atomic mass is 9.61. The molecule has 0 bridgehead atoms. The molecule has 16 heavy (non-hydrogen) atoms. The fourth-order valence-electron chi connectivity index (χ4n) is 3.22. The molecular formula is C15H21F. The quantitative estimate of drug-likeness (QED) is 0.644. The summed E-state index contributed by atoms with van der Waals surface area (Å²) in [5.41, 5.74) is 1.82. The first-order valence-corrected chi connectivity index (χ1v) is 6.22. The number of benzene rings is 1. The highest BCUT2D eigenvalue weighted by Crippen LogP contribution is 2.52. The van der Waals surface area contributed by atoms with E-state index < -0.39 is 0 Å². The highest BCUT2D eigenvalue weighted by Gasteiger charge is 2.44. The number of hydrogen-bond donors (Lipinski definition) is 0. The van der Waals surface area contributed by atoms with Gasteiger partial charge < -0.3 is 0 Å². The Bertz CT molecular complexity index is 350. The molecule has 1 aliphatic carbocycles. The highest BCUT2D eigenvalue weighted by atomic mass is 19.1. The average Bonchev–Trinajstić information content (AvgIpc) is 2.68. The van der Waals surface area contributed by atoms with Crippen molar-refractivity contribution < 1.29 is 4.39 Å². The molecule has 88 valence electrons. The van der Waals surface area contributed by atoms with Gasteiger partial charge in [-0.3, -0.25) is 0 Å². The number of halogens is 1. The Kier molecular flexibility index (Phi) is 2.81. The van der Waals surface area contributed by atoms with E-state index in [0.29, 0.717) is 0 Å². The van der Waals surface area contributed by atoms with E-state index in [9.17, 15) is 4.39 Å². The zero-order valence-electron chi connectivity index (χ0n) is 10.5. The standard InChI is InChI=1S/C15H21F/c1-14(2,3)15(10-4-5-11-15)12-6-8-13(16)9-7-12/h6-9H,4-5,10-11H2,1-3H3. The van der Waals surface area contributed by atoms with Crippen LogP contribution in [0.5, 0.6) is 0 Å².